The molecule has 1 aromatic rings. The van der Waals surface area contributed by atoms with E-state index in [4.69, 9.17) is 10.5 Å². The lowest BCUT2D eigenvalue weighted by molar-refractivity contribution is -0.118. The van der Waals surface area contributed by atoms with Crippen molar-refractivity contribution in [2.45, 2.75) is 19.5 Å². The Morgan fingerprint density at radius 2 is 2.53 bits per heavy atom. The highest BCUT2D eigenvalue weighted by atomic mass is 16.5. The molecule has 1 heterocycles. The second-order valence-corrected chi connectivity index (χ2v) is 3.14. The summed E-state index contributed by atoms with van der Waals surface area (Å²) in [7, 11) is 1.50. The lowest BCUT2D eigenvalue weighted by atomic mass is 10.3. The van der Waals surface area contributed by atoms with E-state index in [1.54, 1.807) is 17.1 Å². The van der Waals surface area contributed by atoms with Crippen molar-refractivity contribution in [1.82, 2.24) is 9.78 Å². The van der Waals surface area contributed by atoms with Crippen LogP contribution < -0.4 is 11.1 Å². The topological polar surface area (TPSA) is 82.2 Å². The zero-order valence-corrected chi connectivity index (χ0v) is 8.93. The van der Waals surface area contributed by atoms with Gasteiger partial charge in [-0.1, -0.05) is 0 Å². The van der Waals surface area contributed by atoms with E-state index in [1.807, 2.05) is 6.92 Å². The Morgan fingerprint density at radius 1 is 1.80 bits per heavy atom. The summed E-state index contributed by atoms with van der Waals surface area (Å²) in [5.74, 6) is -0.271. The molecule has 6 heteroatoms. The van der Waals surface area contributed by atoms with Crippen molar-refractivity contribution in [1.29, 1.82) is 0 Å². The molecular formula is C9H16N4O2. The molecule has 84 valence electrons. The number of carbonyl (C=O) groups excluding carboxylic acids is 1. The zero-order chi connectivity index (χ0) is 11.3. The minimum atomic E-state index is -0.653. The number of nitrogens with two attached hydrogens (primary N) is 1. The number of ether oxygens (including phenoxy) is 1. The molecule has 1 aromatic heterocycles. The summed E-state index contributed by atoms with van der Waals surface area (Å²) in [4.78, 5) is 11.4. The fourth-order valence-electron chi connectivity index (χ4n) is 1.09. The van der Waals surface area contributed by atoms with E-state index in [2.05, 4.69) is 10.4 Å². The molecule has 0 aliphatic rings. The number of amides is 1. The third kappa shape index (κ3) is 3.34. The van der Waals surface area contributed by atoms with Crippen LogP contribution in [0.4, 0.5) is 5.69 Å². The maximum absolute atomic E-state index is 11.4. The molecule has 0 aromatic carbocycles. The van der Waals surface area contributed by atoms with Gasteiger partial charge in [0, 0.05) is 19.9 Å². The number of carbonyl (C=O) groups is 1. The Labute approximate surface area is 88.4 Å². The van der Waals surface area contributed by atoms with E-state index >= 15 is 0 Å². The van der Waals surface area contributed by atoms with E-state index in [-0.39, 0.29) is 12.5 Å². The Hall–Kier alpha value is -1.40. The van der Waals surface area contributed by atoms with Crippen molar-refractivity contribution in [3.05, 3.63) is 12.4 Å². The number of anilines is 1. The monoisotopic (exact) mass is 212 g/mol. The van der Waals surface area contributed by atoms with Gasteiger partial charge in [0.2, 0.25) is 5.91 Å². The Balaban J connectivity index is 2.50. The zero-order valence-electron chi connectivity index (χ0n) is 8.93. The van der Waals surface area contributed by atoms with Gasteiger partial charge in [0.15, 0.2) is 0 Å². The first-order chi connectivity index (χ1) is 7.17. The van der Waals surface area contributed by atoms with Gasteiger partial charge in [-0.2, -0.15) is 5.10 Å². The summed E-state index contributed by atoms with van der Waals surface area (Å²) >= 11 is 0. The predicted molar refractivity (Wildman–Crippen MR) is 56.4 cm³/mol. The van der Waals surface area contributed by atoms with E-state index < -0.39 is 6.04 Å². The second-order valence-electron chi connectivity index (χ2n) is 3.14. The van der Waals surface area contributed by atoms with Crippen LogP contribution in [-0.4, -0.2) is 35.4 Å². The van der Waals surface area contributed by atoms with Crippen LogP contribution in [0.2, 0.25) is 0 Å². The van der Waals surface area contributed by atoms with Crippen molar-refractivity contribution in [3.63, 3.8) is 0 Å². The van der Waals surface area contributed by atoms with Gasteiger partial charge in [-0.3, -0.25) is 9.48 Å². The number of nitrogens with one attached hydrogen (secondary N) is 1. The number of nitrogens with zero attached hydrogens (tertiary/aromatic N) is 2. The minimum Gasteiger partial charge on any atom is -0.383 e. The molecule has 6 nitrogen and oxygen atoms in total. The van der Waals surface area contributed by atoms with E-state index in [0.717, 1.165) is 6.54 Å². The minimum absolute atomic E-state index is 0.202. The summed E-state index contributed by atoms with van der Waals surface area (Å²) in [5, 5.41) is 6.68. The van der Waals surface area contributed by atoms with Crippen LogP contribution in [0.25, 0.3) is 0 Å². The average molecular weight is 212 g/mol. The molecule has 0 aliphatic carbocycles. The standard InChI is InChI=1S/C9H16N4O2/c1-3-13-5-7(4-11-13)12-9(14)8(10)6-15-2/h4-5,8H,3,6,10H2,1-2H3,(H,12,14). The van der Waals surface area contributed by atoms with Crippen LogP contribution in [0, 0.1) is 0 Å². The molecule has 0 bridgehead atoms. The molecule has 3 N–H and O–H groups in total. The van der Waals surface area contributed by atoms with Gasteiger partial charge in [0.05, 0.1) is 18.5 Å². The van der Waals surface area contributed by atoms with Crippen LogP contribution in [-0.2, 0) is 16.1 Å². The highest BCUT2D eigenvalue weighted by Crippen LogP contribution is 2.04. The quantitative estimate of drug-likeness (QED) is 0.709. The summed E-state index contributed by atoms with van der Waals surface area (Å²) in [5.41, 5.74) is 6.20. The van der Waals surface area contributed by atoms with Gasteiger partial charge in [-0.25, -0.2) is 0 Å². The van der Waals surface area contributed by atoms with Crippen molar-refractivity contribution >= 4 is 11.6 Å². The van der Waals surface area contributed by atoms with Crippen molar-refractivity contribution in [2.24, 2.45) is 5.73 Å². The van der Waals surface area contributed by atoms with Crippen molar-refractivity contribution in [3.8, 4) is 0 Å². The third-order valence-corrected chi connectivity index (χ3v) is 1.91. The fourth-order valence-corrected chi connectivity index (χ4v) is 1.09. The maximum Gasteiger partial charge on any atom is 0.243 e. The second kappa shape index (κ2) is 5.47. The number of aryl methyl sites for hydroxylation is 1. The third-order valence-electron chi connectivity index (χ3n) is 1.91. The lowest BCUT2D eigenvalue weighted by Gasteiger charge is -2.09. The summed E-state index contributed by atoms with van der Waals surface area (Å²) in [6.07, 6.45) is 3.33. The largest absolute Gasteiger partial charge is 0.383 e. The molecular weight excluding hydrogens is 196 g/mol. The van der Waals surface area contributed by atoms with E-state index in [0.29, 0.717) is 5.69 Å². The molecule has 1 unspecified atom stereocenters. The van der Waals surface area contributed by atoms with Gasteiger partial charge in [0.25, 0.3) is 0 Å². The van der Waals surface area contributed by atoms with Crippen LogP contribution in [0.1, 0.15) is 6.92 Å². The van der Waals surface area contributed by atoms with E-state index in [1.165, 1.54) is 7.11 Å². The van der Waals surface area contributed by atoms with Gasteiger partial charge in [-0.05, 0) is 6.92 Å². The van der Waals surface area contributed by atoms with Gasteiger partial charge in [-0.15, -0.1) is 0 Å². The number of methoxy groups -OCH3 is 1. The van der Waals surface area contributed by atoms with Crippen LogP contribution in [0.15, 0.2) is 12.4 Å². The van der Waals surface area contributed by atoms with Crippen molar-refractivity contribution in [2.75, 3.05) is 19.0 Å². The highest BCUT2D eigenvalue weighted by Gasteiger charge is 2.13. The first-order valence-electron chi connectivity index (χ1n) is 4.75. The number of hydrogen-bond donors (Lipinski definition) is 2. The summed E-state index contributed by atoms with van der Waals surface area (Å²) < 4.78 is 6.50. The van der Waals surface area contributed by atoms with Crippen molar-refractivity contribution < 1.29 is 9.53 Å². The molecule has 1 rings (SSSR count). The number of aromatic nitrogens is 2. The van der Waals surface area contributed by atoms with E-state index in [9.17, 15) is 4.79 Å². The van der Waals surface area contributed by atoms with Gasteiger partial charge < -0.3 is 15.8 Å². The number of hydrogen-bond acceptors (Lipinski definition) is 4. The molecule has 1 atom stereocenters. The molecule has 0 aliphatic heterocycles. The molecule has 0 spiro atoms. The summed E-state index contributed by atoms with van der Waals surface area (Å²) in [6, 6.07) is -0.653. The van der Waals surface area contributed by atoms with Crippen LogP contribution in [0.5, 0.6) is 0 Å². The molecule has 0 saturated carbocycles. The van der Waals surface area contributed by atoms with Gasteiger partial charge >= 0.3 is 0 Å². The molecule has 0 saturated heterocycles. The van der Waals surface area contributed by atoms with Crippen LogP contribution in [0.3, 0.4) is 0 Å². The summed E-state index contributed by atoms with van der Waals surface area (Å²) in [6.45, 7) is 2.93. The predicted octanol–water partition coefficient (Wildman–Crippen LogP) is -0.185. The van der Waals surface area contributed by atoms with Gasteiger partial charge in [0.1, 0.15) is 6.04 Å². The van der Waals surface area contributed by atoms with Crippen LogP contribution >= 0.6 is 0 Å². The molecule has 0 fully saturated rings. The normalized spacial score (nSPS) is 12.5. The number of rotatable bonds is 5. The Morgan fingerprint density at radius 3 is 3.07 bits per heavy atom. The fraction of sp³-hybridized carbons (Fsp3) is 0.556. The lowest BCUT2D eigenvalue weighted by Crippen LogP contribution is -2.39. The Kier molecular flexibility index (Phi) is 4.26. The highest BCUT2D eigenvalue weighted by molar-refractivity contribution is 5.94. The smallest absolute Gasteiger partial charge is 0.243 e. The SMILES string of the molecule is CCn1cc(NC(=O)C(N)COC)cn1. The first-order valence-corrected chi connectivity index (χ1v) is 4.75. The molecule has 1 amide bonds. The first kappa shape index (κ1) is 11.7. The average Bonchev–Trinajstić information content (AvgIpc) is 2.66. The molecule has 0 radical (unpaired) electrons. The molecule has 15 heavy (non-hydrogen) atoms. The maximum atomic E-state index is 11.4. The Bertz CT molecular complexity index is 324.